The van der Waals surface area contributed by atoms with Crippen molar-refractivity contribution in [3.8, 4) is 0 Å². The van der Waals surface area contributed by atoms with Crippen molar-refractivity contribution in [2.75, 3.05) is 6.61 Å². The van der Waals surface area contributed by atoms with Crippen LogP contribution in [0.5, 0.6) is 0 Å². The van der Waals surface area contributed by atoms with Gasteiger partial charge in [-0.05, 0) is 6.92 Å². The topological polar surface area (TPSA) is 55.0 Å². The zero-order valence-electron chi connectivity index (χ0n) is 6.83. The Labute approximate surface area is 70.3 Å². The molecular formula is C8H10N2O2. The van der Waals surface area contributed by atoms with Crippen LogP contribution in [0.2, 0.25) is 0 Å². The molecule has 1 rings (SSSR count). The number of aromatic nitrogens is 2. The highest BCUT2D eigenvalue weighted by Crippen LogP contribution is 2.08. The summed E-state index contributed by atoms with van der Waals surface area (Å²) in [6.07, 6.45) is 3.01. The molecule has 0 fully saturated rings. The number of carbonyl (C=O) groups is 1. The molecule has 4 nitrogen and oxygen atoms in total. The van der Waals surface area contributed by atoms with Gasteiger partial charge in [-0.15, -0.1) is 0 Å². The highest BCUT2D eigenvalue weighted by molar-refractivity contribution is 6.14. The molecule has 1 aromatic heterocycles. The Morgan fingerprint density at radius 1 is 1.83 bits per heavy atom. The summed E-state index contributed by atoms with van der Waals surface area (Å²) >= 11 is 0. The highest BCUT2D eigenvalue weighted by atomic mass is 16.5. The molecule has 0 aliphatic carbocycles. The molecule has 0 bridgehead atoms. The minimum absolute atomic E-state index is 0.300. The van der Waals surface area contributed by atoms with Crippen molar-refractivity contribution in [3.05, 3.63) is 24.8 Å². The molecule has 4 heteroatoms. The molecule has 1 N–H and O–H groups in total. The number of hydrogen-bond acceptors (Lipinski definition) is 3. The van der Waals surface area contributed by atoms with Gasteiger partial charge >= 0.3 is 5.97 Å². The predicted molar refractivity (Wildman–Crippen MR) is 44.3 cm³/mol. The fourth-order valence-corrected chi connectivity index (χ4v) is 0.749. The maximum atomic E-state index is 11.1. The first kappa shape index (κ1) is 8.52. The monoisotopic (exact) mass is 166 g/mol. The van der Waals surface area contributed by atoms with Crippen LogP contribution in [-0.4, -0.2) is 22.5 Å². The number of H-pyrrole nitrogens is 1. The first-order chi connectivity index (χ1) is 5.75. The molecular weight excluding hydrogens is 156 g/mol. The Bertz CT molecular complexity index is 277. The fraction of sp³-hybridized carbons (Fsp3) is 0.250. The number of imidazole rings is 1. The van der Waals surface area contributed by atoms with Crippen molar-refractivity contribution in [1.82, 2.24) is 9.97 Å². The second kappa shape index (κ2) is 3.71. The van der Waals surface area contributed by atoms with Crippen molar-refractivity contribution in [1.29, 1.82) is 0 Å². The molecule has 0 radical (unpaired) electrons. The van der Waals surface area contributed by atoms with Crippen molar-refractivity contribution >= 4 is 11.5 Å². The molecule has 0 aromatic carbocycles. The van der Waals surface area contributed by atoms with Crippen LogP contribution in [0.25, 0.3) is 5.57 Å². The van der Waals surface area contributed by atoms with E-state index in [9.17, 15) is 4.79 Å². The molecule has 12 heavy (non-hydrogen) atoms. The van der Waals surface area contributed by atoms with Gasteiger partial charge in [0.05, 0.1) is 30.4 Å². The maximum Gasteiger partial charge on any atom is 0.339 e. The Balaban J connectivity index is 2.66. The number of aromatic amines is 1. The van der Waals surface area contributed by atoms with E-state index in [1.165, 1.54) is 12.5 Å². The molecule has 0 unspecified atom stereocenters. The second-order valence-corrected chi connectivity index (χ2v) is 2.16. The Morgan fingerprint density at radius 3 is 3.08 bits per heavy atom. The average molecular weight is 166 g/mol. The lowest BCUT2D eigenvalue weighted by molar-refractivity contribution is -0.136. The number of nitrogens with zero attached hydrogens (tertiary/aromatic N) is 1. The summed E-state index contributed by atoms with van der Waals surface area (Å²) in [5.74, 6) is -0.415. The van der Waals surface area contributed by atoms with Gasteiger partial charge in [-0.25, -0.2) is 9.78 Å². The van der Waals surface area contributed by atoms with E-state index in [0.29, 0.717) is 17.9 Å². The molecule has 0 spiro atoms. The lowest BCUT2D eigenvalue weighted by atomic mass is 10.2. The molecule has 0 atom stereocenters. The smallest absolute Gasteiger partial charge is 0.339 e. The summed E-state index contributed by atoms with van der Waals surface area (Å²) in [6.45, 7) is 5.67. The van der Waals surface area contributed by atoms with Crippen LogP contribution >= 0.6 is 0 Å². The maximum absolute atomic E-state index is 11.1. The van der Waals surface area contributed by atoms with E-state index in [-0.39, 0.29) is 0 Å². The molecule has 0 saturated heterocycles. The first-order valence-corrected chi connectivity index (χ1v) is 3.60. The molecule has 0 aliphatic heterocycles. The van der Waals surface area contributed by atoms with Crippen LogP contribution in [0.3, 0.4) is 0 Å². The van der Waals surface area contributed by atoms with Gasteiger partial charge in [-0.2, -0.15) is 0 Å². The summed E-state index contributed by atoms with van der Waals surface area (Å²) in [5.41, 5.74) is 0.891. The van der Waals surface area contributed by atoms with Crippen molar-refractivity contribution in [2.45, 2.75) is 6.92 Å². The third kappa shape index (κ3) is 1.72. The standard InChI is InChI=1S/C8H10N2O2/c1-3-12-8(11)6(2)7-4-9-5-10-7/h4-5H,2-3H2,1H3,(H,9,10). The highest BCUT2D eigenvalue weighted by Gasteiger charge is 2.10. The van der Waals surface area contributed by atoms with Gasteiger partial charge in [0.2, 0.25) is 0 Å². The van der Waals surface area contributed by atoms with Gasteiger partial charge in [0, 0.05) is 0 Å². The van der Waals surface area contributed by atoms with E-state index in [0.717, 1.165) is 0 Å². The van der Waals surface area contributed by atoms with E-state index in [2.05, 4.69) is 16.5 Å². The third-order valence-electron chi connectivity index (χ3n) is 1.35. The largest absolute Gasteiger partial charge is 0.462 e. The van der Waals surface area contributed by atoms with Crippen LogP contribution in [0.4, 0.5) is 0 Å². The number of ether oxygens (including phenoxy) is 1. The summed E-state index contributed by atoms with van der Waals surface area (Å²) in [4.78, 5) is 17.6. The van der Waals surface area contributed by atoms with Crippen LogP contribution in [-0.2, 0) is 9.53 Å². The zero-order chi connectivity index (χ0) is 8.97. The average Bonchev–Trinajstić information content (AvgIpc) is 2.55. The van der Waals surface area contributed by atoms with E-state index in [4.69, 9.17) is 4.74 Å². The summed E-state index contributed by atoms with van der Waals surface area (Å²) in [7, 11) is 0. The number of carbonyl (C=O) groups excluding carboxylic acids is 1. The van der Waals surface area contributed by atoms with Crippen LogP contribution in [0.15, 0.2) is 19.1 Å². The molecule has 0 amide bonds. The zero-order valence-corrected chi connectivity index (χ0v) is 6.83. The normalized spacial score (nSPS) is 9.42. The third-order valence-corrected chi connectivity index (χ3v) is 1.35. The van der Waals surface area contributed by atoms with Gasteiger partial charge in [-0.1, -0.05) is 6.58 Å². The van der Waals surface area contributed by atoms with Gasteiger partial charge < -0.3 is 9.72 Å². The summed E-state index contributed by atoms with van der Waals surface area (Å²) in [6, 6.07) is 0. The molecule has 1 aromatic rings. The fourth-order valence-electron chi connectivity index (χ4n) is 0.749. The van der Waals surface area contributed by atoms with Gasteiger partial charge in [0.15, 0.2) is 0 Å². The van der Waals surface area contributed by atoms with Gasteiger partial charge in [0.25, 0.3) is 0 Å². The number of hydrogen-bond donors (Lipinski definition) is 1. The predicted octanol–water partition coefficient (Wildman–Crippen LogP) is 0.986. The second-order valence-electron chi connectivity index (χ2n) is 2.16. The summed E-state index contributed by atoms with van der Waals surface area (Å²) < 4.78 is 4.74. The summed E-state index contributed by atoms with van der Waals surface area (Å²) in [5, 5.41) is 0. The number of esters is 1. The molecule has 0 aliphatic rings. The van der Waals surface area contributed by atoms with Crippen LogP contribution in [0.1, 0.15) is 12.6 Å². The lowest BCUT2D eigenvalue weighted by Gasteiger charge is -2.01. The Morgan fingerprint density at radius 2 is 2.58 bits per heavy atom. The SMILES string of the molecule is C=C(C(=O)OCC)c1cnc[nH]1. The lowest BCUT2D eigenvalue weighted by Crippen LogP contribution is -2.05. The van der Waals surface area contributed by atoms with Crippen molar-refractivity contribution in [3.63, 3.8) is 0 Å². The van der Waals surface area contributed by atoms with Crippen LogP contribution in [0, 0.1) is 0 Å². The Kier molecular flexibility index (Phi) is 2.63. The van der Waals surface area contributed by atoms with E-state index >= 15 is 0 Å². The van der Waals surface area contributed by atoms with Crippen molar-refractivity contribution in [2.24, 2.45) is 0 Å². The number of rotatable bonds is 3. The minimum atomic E-state index is -0.415. The van der Waals surface area contributed by atoms with Gasteiger partial charge in [0.1, 0.15) is 0 Å². The minimum Gasteiger partial charge on any atom is -0.462 e. The van der Waals surface area contributed by atoms with Crippen molar-refractivity contribution < 1.29 is 9.53 Å². The van der Waals surface area contributed by atoms with Crippen LogP contribution < -0.4 is 0 Å². The molecule has 64 valence electrons. The molecule has 1 heterocycles. The number of nitrogens with one attached hydrogen (secondary N) is 1. The van der Waals surface area contributed by atoms with E-state index in [1.54, 1.807) is 6.92 Å². The van der Waals surface area contributed by atoms with Gasteiger partial charge in [-0.3, -0.25) is 0 Å². The first-order valence-electron chi connectivity index (χ1n) is 3.60. The van der Waals surface area contributed by atoms with E-state index in [1.807, 2.05) is 0 Å². The van der Waals surface area contributed by atoms with E-state index < -0.39 is 5.97 Å². The Hall–Kier alpha value is -1.58. The molecule has 0 saturated carbocycles. The quantitative estimate of drug-likeness (QED) is 0.538.